The maximum Gasteiger partial charge on any atom is 0.318 e. The van der Waals surface area contributed by atoms with E-state index >= 15 is 0 Å². The van der Waals surface area contributed by atoms with Crippen molar-refractivity contribution in [1.82, 2.24) is 15.5 Å². The van der Waals surface area contributed by atoms with Crippen molar-refractivity contribution in [1.29, 1.82) is 0 Å². The normalized spacial score (nSPS) is 11.8. The highest BCUT2D eigenvalue weighted by molar-refractivity contribution is 5.87. The third kappa shape index (κ3) is 7.31. The summed E-state index contributed by atoms with van der Waals surface area (Å²) in [6.07, 6.45) is 1.20. The lowest BCUT2D eigenvalue weighted by Crippen LogP contribution is -2.52. The van der Waals surface area contributed by atoms with Crippen LogP contribution in [0.15, 0.2) is 24.3 Å². The molecular formula is C19H31N3O4. The van der Waals surface area contributed by atoms with Crippen molar-refractivity contribution < 1.29 is 19.4 Å². The van der Waals surface area contributed by atoms with E-state index in [0.29, 0.717) is 18.9 Å². The van der Waals surface area contributed by atoms with E-state index < -0.39 is 6.04 Å². The predicted molar refractivity (Wildman–Crippen MR) is 101 cm³/mol. The van der Waals surface area contributed by atoms with Gasteiger partial charge in [-0.3, -0.25) is 4.79 Å². The molecule has 1 rings (SSSR count). The second kappa shape index (κ2) is 11.4. The summed E-state index contributed by atoms with van der Waals surface area (Å²) in [7, 11) is 3.13. The van der Waals surface area contributed by atoms with Gasteiger partial charge in [0.2, 0.25) is 5.91 Å². The van der Waals surface area contributed by atoms with E-state index in [4.69, 9.17) is 4.74 Å². The maximum atomic E-state index is 12.6. The van der Waals surface area contributed by atoms with E-state index in [9.17, 15) is 14.7 Å². The Morgan fingerprint density at radius 3 is 2.35 bits per heavy atom. The SMILES string of the molecule is CNC(=O)[C@H](Cc1ccc(OC)cc1)NC(=O)N(CCO)CCC(C)C. The molecule has 7 nitrogen and oxygen atoms in total. The van der Waals surface area contributed by atoms with Crippen LogP contribution < -0.4 is 15.4 Å². The third-order valence-electron chi connectivity index (χ3n) is 4.09. The molecule has 1 aromatic rings. The van der Waals surface area contributed by atoms with E-state index in [1.54, 1.807) is 19.1 Å². The minimum absolute atomic E-state index is 0.116. The minimum atomic E-state index is -0.693. The molecule has 0 bridgehead atoms. The van der Waals surface area contributed by atoms with Crippen LogP contribution in [0.25, 0.3) is 0 Å². The maximum absolute atomic E-state index is 12.6. The van der Waals surface area contributed by atoms with Crippen LogP contribution in [0.3, 0.4) is 0 Å². The van der Waals surface area contributed by atoms with Gasteiger partial charge >= 0.3 is 6.03 Å². The fourth-order valence-corrected chi connectivity index (χ4v) is 2.47. The van der Waals surface area contributed by atoms with E-state index in [1.165, 1.54) is 0 Å². The van der Waals surface area contributed by atoms with Crippen molar-refractivity contribution in [2.75, 3.05) is 33.9 Å². The largest absolute Gasteiger partial charge is 0.497 e. The Labute approximate surface area is 155 Å². The summed E-state index contributed by atoms with van der Waals surface area (Å²) in [4.78, 5) is 26.3. The van der Waals surface area contributed by atoms with Crippen molar-refractivity contribution in [2.24, 2.45) is 5.92 Å². The van der Waals surface area contributed by atoms with Crippen LogP contribution in [0.2, 0.25) is 0 Å². The van der Waals surface area contributed by atoms with Gasteiger partial charge in [-0.05, 0) is 30.0 Å². The van der Waals surface area contributed by atoms with E-state index in [-0.39, 0.29) is 25.1 Å². The molecule has 1 aromatic carbocycles. The Bertz CT molecular complexity index is 560. The summed E-state index contributed by atoms with van der Waals surface area (Å²) in [5, 5.41) is 14.6. The van der Waals surface area contributed by atoms with E-state index in [0.717, 1.165) is 17.7 Å². The first-order valence-corrected chi connectivity index (χ1v) is 8.92. The van der Waals surface area contributed by atoms with Crippen LogP contribution in [0.1, 0.15) is 25.8 Å². The molecule has 0 aliphatic heterocycles. The van der Waals surface area contributed by atoms with Crippen LogP contribution in [0.4, 0.5) is 4.79 Å². The molecule has 0 aliphatic carbocycles. The second-order valence-corrected chi connectivity index (χ2v) is 6.56. The summed E-state index contributed by atoms with van der Waals surface area (Å²) < 4.78 is 5.13. The number of urea groups is 1. The molecule has 0 aromatic heterocycles. The zero-order valence-corrected chi connectivity index (χ0v) is 16.1. The number of hydrogen-bond acceptors (Lipinski definition) is 4. The minimum Gasteiger partial charge on any atom is -0.497 e. The van der Waals surface area contributed by atoms with Gasteiger partial charge < -0.3 is 25.4 Å². The van der Waals surface area contributed by atoms with Gasteiger partial charge in [-0.2, -0.15) is 0 Å². The zero-order valence-electron chi connectivity index (χ0n) is 16.1. The molecule has 0 spiro atoms. The molecule has 0 saturated carbocycles. The number of nitrogens with one attached hydrogen (secondary N) is 2. The van der Waals surface area contributed by atoms with Crippen LogP contribution in [0, 0.1) is 5.92 Å². The number of likely N-dealkylation sites (N-methyl/N-ethyl adjacent to an activating group) is 1. The Morgan fingerprint density at radius 2 is 1.85 bits per heavy atom. The van der Waals surface area contributed by atoms with Crippen LogP contribution >= 0.6 is 0 Å². The molecule has 0 radical (unpaired) electrons. The molecule has 0 heterocycles. The van der Waals surface area contributed by atoms with Crippen molar-refractivity contribution in [3.05, 3.63) is 29.8 Å². The first-order valence-electron chi connectivity index (χ1n) is 8.92. The monoisotopic (exact) mass is 365 g/mol. The molecule has 7 heteroatoms. The number of carbonyl (C=O) groups is 2. The van der Waals surface area contributed by atoms with Gasteiger partial charge in [0.25, 0.3) is 0 Å². The predicted octanol–water partition coefficient (Wildman–Crippen LogP) is 1.40. The Morgan fingerprint density at radius 1 is 1.19 bits per heavy atom. The Balaban J connectivity index is 2.80. The average molecular weight is 365 g/mol. The van der Waals surface area contributed by atoms with Gasteiger partial charge in [-0.1, -0.05) is 26.0 Å². The summed E-state index contributed by atoms with van der Waals surface area (Å²) in [5.41, 5.74) is 0.913. The number of nitrogens with zero attached hydrogens (tertiary/aromatic N) is 1. The lowest BCUT2D eigenvalue weighted by molar-refractivity contribution is -0.122. The topological polar surface area (TPSA) is 90.9 Å². The van der Waals surface area contributed by atoms with Crippen LogP contribution in [-0.4, -0.2) is 61.8 Å². The van der Waals surface area contributed by atoms with Gasteiger partial charge in [0, 0.05) is 26.6 Å². The fourth-order valence-electron chi connectivity index (χ4n) is 2.47. The first-order chi connectivity index (χ1) is 12.4. The number of rotatable bonds is 10. The average Bonchev–Trinajstić information content (AvgIpc) is 2.64. The van der Waals surface area contributed by atoms with Crippen molar-refractivity contribution in [3.63, 3.8) is 0 Å². The van der Waals surface area contributed by atoms with Gasteiger partial charge in [-0.15, -0.1) is 0 Å². The highest BCUT2D eigenvalue weighted by atomic mass is 16.5. The molecular weight excluding hydrogens is 334 g/mol. The highest BCUT2D eigenvalue weighted by Crippen LogP contribution is 2.13. The number of amides is 3. The van der Waals surface area contributed by atoms with Gasteiger partial charge in [0.1, 0.15) is 11.8 Å². The molecule has 0 unspecified atom stereocenters. The van der Waals surface area contributed by atoms with Crippen LogP contribution in [-0.2, 0) is 11.2 Å². The number of carbonyl (C=O) groups excluding carboxylic acids is 2. The standard InChI is InChI=1S/C19H31N3O4/c1-14(2)9-10-22(11-12-23)19(25)21-17(18(24)20-3)13-15-5-7-16(26-4)8-6-15/h5-8,14,17,23H,9-13H2,1-4H3,(H,20,24)(H,21,25)/t17-/m0/s1. The summed E-state index contributed by atoms with van der Waals surface area (Å²) in [6.45, 7) is 4.81. The molecule has 0 saturated heterocycles. The number of aliphatic hydroxyl groups is 1. The number of ether oxygens (including phenoxy) is 1. The smallest absolute Gasteiger partial charge is 0.318 e. The molecule has 0 aliphatic rings. The summed E-state index contributed by atoms with van der Waals surface area (Å²) in [6, 6.07) is 6.33. The Kier molecular flexibility index (Phi) is 9.51. The van der Waals surface area contributed by atoms with Gasteiger partial charge in [0.05, 0.1) is 13.7 Å². The van der Waals surface area contributed by atoms with Crippen molar-refractivity contribution in [2.45, 2.75) is 32.7 Å². The summed E-state index contributed by atoms with van der Waals surface area (Å²) in [5.74, 6) is 0.914. The second-order valence-electron chi connectivity index (χ2n) is 6.56. The molecule has 1 atom stereocenters. The van der Waals surface area contributed by atoms with Crippen molar-refractivity contribution in [3.8, 4) is 5.75 Å². The molecule has 146 valence electrons. The highest BCUT2D eigenvalue weighted by Gasteiger charge is 2.23. The number of benzene rings is 1. The fraction of sp³-hybridized carbons (Fsp3) is 0.579. The lowest BCUT2D eigenvalue weighted by atomic mass is 10.1. The molecule has 0 fully saturated rings. The Hall–Kier alpha value is -2.28. The zero-order chi connectivity index (χ0) is 19.5. The third-order valence-corrected chi connectivity index (χ3v) is 4.09. The summed E-state index contributed by atoms with van der Waals surface area (Å²) >= 11 is 0. The van der Waals surface area contributed by atoms with Crippen LogP contribution in [0.5, 0.6) is 5.75 Å². The first kappa shape index (κ1) is 21.8. The van der Waals surface area contributed by atoms with Gasteiger partial charge in [-0.25, -0.2) is 4.79 Å². The number of hydrogen-bond donors (Lipinski definition) is 3. The van der Waals surface area contributed by atoms with E-state index in [2.05, 4.69) is 24.5 Å². The van der Waals surface area contributed by atoms with E-state index in [1.807, 2.05) is 24.3 Å². The quantitative estimate of drug-likeness (QED) is 0.585. The molecule has 3 amide bonds. The number of aliphatic hydroxyl groups excluding tert-OH is 1. The number of methoxy groups -OCH3 is 1. The molecule has 3 N–H and O–H groups in total. The van der Waals surface area contributed by atoms with Crippen molar-refractivity contribution >= 4 is 11.9 Å². The molecule has 26 heavy (non-hydrogen) atoms. The van der Waals surface area contributed by atoms with Gasteiger partial charge in [0.15, 0.2) is 0 Å². The lowest BCUT2D eigenvalue weighted by Gasteiger charge is -2.26.